The maximum Gasteiger partial charge on any atom is 0.257 e. The summed E-state index contributed by atoms with van der Waals surface area (Å²) in [4.78, 5) is 30.9. The van der Waals surface area contributed by atoms with Gasteiger partial charge >= 0.3 is 0 Å². The normalized spacial score (nSPS) is 19.4. The summed E-state index contributed by atoms with van der Waals surface area (Å²) >= 11 is 0. The Morgan fingerprint density at radius 2 is 1.91 bits per heavy atom. The maximum atomic E-state index is 15.3. The molecule has 0 N–H and O–H groups in total. The zero-order valence-corrected chi connectivity index (χ0v) is 19.2. The molecule has 0 spiro atoms. The van der Waals surface area contributed by atoms with Gasteiger partial charge in [0.15, 0.2) is 0 Å². The summed E-state index contributed by atoms with van der Waals surface area (Å²) in [5.41, 5.74) is 2.70. The number of halogens is 2. The SMILES string of the molecule is Cc1ccc(-c2ccccn2)c(C(=O)N2C[C@H]3CCN(c4cnc5cc(F)ccc5n4)C[C@H]32)c1F. The van der Waals surface area contributed by atoms with E-state index in [1.807, 2.05) is 6.07 Å². The third-order valence-corrected chi connectivity index (χ3v) is 7.12. The van der Waals surface area contributed by atoms with Gasteiger partial charge in [0.25, 0.3) is 5.91 Å². The van der Waals surface area contributed by atoms with Crippen LogP contribution in [0.15, 0.2) is 60.9 Å². The van der Waals surface area contributed by atoms with Crippen LogP contribution < -0.4 is 4.90 Å². The molecule has 4 heterocycles. The average Bonchev–Trinajstić information content (AvgIpc) is 2.86. The van der Waals surface area contributed by atoms with Crippen molar-refractivity contribution in [1.82, 2.24) is 19.9 Å². The molecule has 2 saturated heterocycles. The molecule has 6 nitrogen and oxygen atoms in total. The summed E-state index contributed by atoms with van der Waals surface area (Å²) < 4.78 is 28.8. The van der Waals surface area contributed by atoms with Crippen molar-refractivity contribution in [2.45, 2.75) is 19.4 Å². The number of benzene rings is 2. The van der Waals surface area contributed by atoms with Gasteiger partial charge in [-0.3, -0.25) is 14.8 Å². The molecule has 4 aromatic rings. The van der Waals surface area contributed by atoms with Gasteiger partial charge in [-0.2, -0.15) is 0 Å². The second-order valence-corrected chi connectivity index (χ2v) is 9.21. The van der Waals surface area contributed by atoms with Crippen molar-refractivity contribution < 1.29 is 13.6 Å². The quantitative estimate of drug-likeness (QED) is 0.436. The number of nitrogens with zero attached hydrogens (tertiary/aromatic N) is 5. The fraction of sp³-hybridized carbons (Fsp3) is 0.259. The number of pyridine rings is 1. The number of carbonyl (C=O) groups is 1. The number of piperidine rings is 1. The number of aryl methyl sites for hydroxylation is 1. The minimum absolute atomic E-state index is 0.0431. The lowest BCUT2D eigenvalue weighted by molar-refractivity contribution is 0.00749. The molecule has 2 atom stereocenters. The van der Waals surface area contributed by atoms with E-state index in [0.29, 0.717) is 52.7 Å². The lowest BCUT2D eigenvalue weighted by Crippen LogP contribution is -2.66. The van der Waals surface area contributed by atoms with Crippen LogP contribution in [0, 0.1) is 24.5 Å². The highest BCUT2D eigenvalue weighted by molar-refractivity contribution is 6.01. The van der Waals surface area contributed by atoms with Crippen LogP contribution >= 0.6 is 0 Å². The highest BCUT2D eigenvalue weighted by atomic mass is 19.1. The van der Waals surface area contributed by atoms with Gasteiger partial charge < -0.3 is 9.80 Å². The van der Waals surface area contributed by atoms with Gasteiger partial charge in [-0.05, 0) is 43.2 Å². The van der Waals surface area contributed by atoms with Crippen molar-refractivity contribution in [3.63, 3.8) is 0 Å². The van der Waals surface area contributed by atoms with Gasteiger partial charge in [0.2, 0.25) is 0 Å². The van der Waals surface area contributed by atoms with Gasteiger partial charge in [-0.25, -0.2) is 13.8 Å². The molecule has 1 amide bonds. The molecule has 0 unspecified atom stereocenters. The molecular formula is C27H23F2N5O. The van der Waals surface area contributed by atoms with Gasteiger partial charge in [-0.15, -0.1) is 0 Å². The van der Waals surface area contributed by atoms with Crippen LogP contribution in [-0.4, -0.2) is 51.4 Å². The fourth-order valence-corrected chi connectivity index (χ4v) is 5.13. The minimum atomic E-state index is -0.498. The summed E-state index contributed by atoms with van der Waals surface area (Å²) in [5.74, 6) is -0.101. The Morgan fingerprint density at radius 1 is 1.03 bits per heavy atom. The standard InChI is InChI=1S/C27H23F2N5O/c1-16-5-7-19(20-4-2-3-10-30-20)25(26(16)29)27(35)34-14-17-9-11-33(15-23(17)34)24-13-31-22-12-18(28)6-8-21(22)32-24/h2-8,10,12-13,17,23H,9,11,14-15H2,1H3/t17-,23-/m1/s1. The van der Waals surface area contributed by atoms with Gasteiger partial charge in [0.05, 0.1) is 34.5 Å². The smallest absolute Gasteiger partial charge is 0.257 e. The first kappa shape index (κ1) is 21.6. The van der Waals surface area contributed by atoms with Gasteiger partial charge in [-0.1, -0.05) is 18.2 Å². The second kappa shape index (κ2) is 8.37. The Labute approximate surface area is 201 Å². The molecule has 0 saturated carbocycles. The van der Waals surface area contributed by atoms with E-state index in [0.717, 1.165) is 13.0 Å². The predicted molar refractivity (Wildman–Crippen MR) is 129 cm³/mol. The Hall–Kier alpha value is -3.94. The highest BCUT2D eigenvalue weighted by Crippen LogP contribution is 2.37. The molecule has 8 heteroatoms. The highest BCUT2D eigenvalue weighted by Gasteiger charge is 2.46. The number of likely N-dealkylation sites (tertiary alicyclic amines) is 1. The van der Waals surface area contributed by atoms with E-state index < -0.39 is 5.82 Å². The second-order valence-electron chi connectivity index (χ2n) is 9.21. The Balaban J connectivity index is 1.28. The fourth-order valence-electron chi connectivity index (χ4n) is 5.13. The van der Waals surface area contributed by atoms with Crippen LogP contribution in [0.25, 0.3) is 22.3 Å². The van der Waals surface area contributed by atoms with Crippen molar-refractivity contribution >= 4 is 22.8 Å². The van der Waals surface area contributed by atoms with E-state index in [-0.39, 0.29) is 23.3 Å². The average molecular weight is 472 g/mol. The first-order valence-electron chi connectivity index (χ1n) is 11.7. The first-order valence-corrected chi connectivity index (χ1v) is 11.7. The Kier molecular flexibility index (Phi) is 5.16. The third kappa shape index (κ3) is 3.69. The van der Waals surface area contributed by atoms with Crippen LogP contribution in [0.2, 0.25) is 0 Å². The third-order valence-electron chi connectivity index (χ3n) is 7.12. The summed E-state index contributed by atoms with van der Waals surface area (Å²) in [5, 5.41) is 0. The topological polar surface area (TPSA) is 62.2 Å². The van der Waals surface area contributed by atoms with Crippen LogP contribution in [0.3, 0.4) is 0 Å². The number of carbonyl (C=O) groups excluding carboxylic acids is 1. The molecule has 2 aliphatic heterocycles. The summed E-state index contributed by atoms with van der Waals surface area (Å²) in [6.07, 6.45) is 4.19. The molecule has 2 aliphatic rings. The number of hydrogen-bond acceptors (Lipinski definition) is 5. The van der Waals surface area contributed by atoms with E-state index >= 15 is 4.39 Å². The van der Waals surface area contributed by atoms with Crippen LogP contribution in [0.1, 0.15) is 22.3 Å². The van der Waals surface area contributed by atoms with E-state index in [2.05, 4.69) is 19.9 Å². The van der Waals surface area contributed by atoms with E-state index in [9.17, 15) is 9.18 Å². The number of anilines is 1. The maximum absolute atomic E-state index is 15.3. The molecule has 0 bridgehead atoms. The molecular weight excluding hydrogens is 448 g/mol. The van der Waals surface area contributed by atoms with E-state index in [4.69, 9.17) is 0 Å². The molecule has 2 fully saturated rings. The molecule has 2 aromatic heterocycles. The minimum Gasteiger partial charge on any atom is -0.353 e. The molecule has 0 aliphatic carbocycles. The van der Waals surface area contributed by atoms with Crippen LogP contribution in [-0.2, 0) is 0 Å². The summed E-state index contributed by atoms with van der Waals surface area (Å²) in [6, 6.07) is 13.2. The molecule has 176 valence electrons. The van der Waals surface area contributed by atoms with Crippen molar-refractivity contribution in [1.29, 1.82) is 0 Å². The lowest BCUT2D eigenvalue weighted by Gasteiger charge is -2.53. The van der Waals surface area contributed by atoms with Crippen molar-refractivity contribution in [3.8, 4) is 11.3 Å². The summed E-state index contributed by atoms with van der Waals surface area (Å²) in [7, 11) is 0. The van der Waals surface area contributed by atoms with Crippen LogP contribution in [0.4, 0.5) is 14.6 Å². The number of hydrogen-bond donors (Lipinski definition) is 0. The number of fused-ring (bicyclic) bond motifs is 2. The van der Waals surface area contributed by atoms with Crippen molar-refractivity contribution in [3.05, 3.63) is 83.7 Å². The number of aromatic nitrogens is 3. The van der Waals surface area contributed by atoms with E-state index in [1.54, 1.807) is 54.5 Å². The predicted octanol–water partition coefficient (Wildman–Crippen LogP) is 4.63. The zero-order valence-electron chi connectivity index (χ0n) is 19.2. The summed E-state index contributed by atoms with van der Waals surface area (Å²) in [6.45, 7) is 3.65. The Bertz CT molecular complexity index is 1440. The molecule has 2 aromatic carbocycles. The first-order chi connectivity index (χ1) is 17.0. The Morgan fingerprint density at radius 3 is 2.74 bits per heavy atom. The largest absolute Gasteiger partial charge is 0.353 e. The van der Waals surface area contributed by atoms with Crippen molar-refractivity contribution in [2.24, 2.45) is 5.92 Å². The molecule has 6 rings (SSSR count). The van der Waals surface area contributed by atoms with Crippen molar-refractivity contribution in [2.75, 3.05) is 24.5 Å². The number of amides is 1. The van der Waals surface area contributed by atoms with Crippen LogP contribution in [0.5, 0.6) is 0 Å². The van der Waals surface area contributed by atoms with Gasteiger partial charge in [0, 0.05) is 43.4 Å². The van der Waals surface area contributed by atoms with E-state index in [1.165, 1.54) is 12.1 Å². The molecule has 35 heavy (non-hydrogen) atoms. The monoisotopic (exact) mass is 471 g/mol. The lowest BCUT2D eigenvalue weighted by atomic mass is 9.81. The zero-order chi connectivity index (χ0) is 24.1. The van der Waals surface area contributed by atoms with Gasteiger partial charge in [0.1, 0.15) is 17.5 Å². The molecule has 0 radical (unpaired) electrons. The number of rotatable bonds is 3.